The van der Waals surface area contributed by atoms with Gasteiger partial charge in [0.25, 0.3) is 0 Å². The fraction of sp³-hybridized carbons (Fsp3) is 0.0952. The second kappa shape index (κ2) is 6.92. The molecule has 27 heavy (non-hydrogen) atoms. The third-order valence-corrected chi connectivity index (χ3v) is 4.45. The second-order valence-electron chi connectivity index (χ2n) is 6.17. The summed E-state index contributed by atoms with van der Waals surface area (Å²) in [5, 5.41) is 0. The monoisotopic (exact) mass is 357 g/mol. The predicted octanol–water partition coefficient (Wildman–Crippen LogP) is 4.10. The van der Waals surface area contributed by atoms with E-state index >= 15 is 0 Å². The summed E-state index contributed by atoms with van der Waals surface area (Å²) in [5.41, 5.74) is 11.6. The van der Waals surface area contributed by atoms with Crippen LogP contribution in [0.2, 0.25) is 0 Å². The van der Waals surface area contributed by atoms with Crippen molar-refractivity contribution in [1.29, 1.82) is 0 Å². The molecular formula is C21H19N5O. The summed E-state index contributed by atoms with van der Waals surface area (Å²) < 4.78 is 5.33. The van der Waals surface area contributed by atoms with Crippen LogP contribution in [0.15, 0.2) is 61.1 Å². The number of nitrogens with two attached hydrogens (primary N) is 1. The molecule has 0 bridgehead atoms. The van der Waals surface area contributed by atoms with Crippen molar-refractivity contribution in [2.45, 2.75) is 6.92 Å². The van der Waals surface area contributed by atoms with Gasteiger partial charge in [-0.25, -0.2) is 9.97 Å². The first-order chi connectivity index (χ1) is 13.2. The first kappa shape index (κ1) is 16.8. The highest BCUT2D eigenvalue weighted by Gasteiger charge is 2.17. The summed E-state index contributed by atoms with van der Waals surface area (Å²) in [5.74, 6) is 1.67. The van der Waals surface area contributed by atoms with Gasteiger partial charge in [0.15, 0.2) is 11.6 Å². The smallest absolute Gasteiger partial charge is 0.166 e. The van der Waals surface area contributed by atoms with E-state index in [1.165, 1.54) is 0 Å². The van der Waals surface area contributed by atoms with Gasteiger partial charge in [0.2, 0.25) is 0 Å². The molecule has 4 rings (SSSR count). The number of hydrogen-bond acceptors (Lipinski definition) is 5. The summed E-state index contributed by atoms with van der Waals surface area (Å²) >= 11 is 0. The molecule has 0 aliphatic rings. The van der Waals surface area contributed by atoms with Gasteiger partial charge < -0.3 is 15.5 Å². The van der Waals surface area contributed by atoms with Gasteiger partial charge in [-0.15, -0.1) is 0 Å². The van der Waals surface area contributed by atoms with Gasteiger partial charge in [-0.1, -0.05) is 24.3 Å². The first-order valence-corrected chi connectivity index (χ1v) is 8.53. The zero-order valence-electron chi connectivity index (χ0n) is 15.1. The molecule has 0 amide bonds. The van der Waals surface area contributed by atoms with Crippen molar-refractivity contribution in [1.82, 2.24) is 19.9 Å². The molecule has 6 nitrogen and oxygen atoms in total. The number of nitrogen functional groups attached to an aromatic ring is 1. The molecule has 3 aromatic heterocycles. The SMILES string of the molecule is COc1cc(-c2nc(-c3ccccc3C)[nH]c2-c2ccncc2)cnc1N. The summed E-state index contributed by atoms with van der Waals surface area (Å²) in [4.78, 5) is 16.7. The highest BCUT2D eigenvalue weighted by atomic mass is 16.5. The number of pyridine rings is 2. The number of anilines is 1. The minimum absolute atomic E-state index is 0.348. The zero-order chi connectivity index (χ0) is 18.8. The highest BCUT2D eigenvalue weighted by molar-refractivity contribution is 5.82. The zero-order valence-corrected chi connectivity index (χ0v) is 15.1. The maximum Gasteiger partial charge on any atom is 0.166 e. The van der Waals surface area contributed by atoms with Crippen LogP contribution in [-0.4, -0.2) is 27.0 Å². The molecule has 4 aromatic rings. The van der Waals surface area contributed by atoms with Crippen molar-refractivity contribution >= 4 is 5.82 Å². The molecule has 6 heteroatoms. The van der Waals surface area contributed by atoms with Gasteiger partial charge in [-0.2, -0.15) is 0 Å². The third kappa shape index (κ3) is 3.13. The number of hydrogen-bond donors (Lipinski definition) is 2. The maximum absolute atomic E-state index is 5.87. The van der Waals surface area contributed by atoms with Crippen molar-refractivity contribution < 1.29 is 4.74 Å². The van der Waals surface area contributed by atoms with Gasteiger partial charge in [0, 0.05) is 35.3 Å². The highest BCUT2D eigenvalue weighted by Crippen LogP contribution is 2.35. The largest absolute Gasteiger partial charge is 0.493 e. The van der Waals surface area contributed by atoms with Crippen molar-refractivity contribution in [3.63, 3.8) is 0 Å². The van der Waals surface area contributed by atoms with Crippen LogP contribution in [0.25, 0.3) is 33.9 Å². The predicted molar refractivity (Wildman–Crippen MR) is 106 cm³/mol. The molecule has 3 N–H and O–H groups in total. The van der Waals surface area contributed by atoms with E-state index in [4.69, 9.17) is 15.5 Å². The van der Waals surface area contributed by atoms with Crippen LogP contribution in [-0.2, 0) is 0 Å². The van der Waals surface area contributed by atoms with Gasteiger partial charge in [0.1, 0.15) is 5.82 Å². The molecule has 1 aromatic carbocycles. The first-order valence-electron chi connectivity index (χ1n) is 8.53. The van der Waals surface area contributed by atoms with Gasteiger partial charge in [-0.3, -0.25) is 4.98 Å². The van der Waals surface area contributed by atoms with Crippen LogP contribution < -0.4 is 10.5 Å². The Morgan fingerprint density at radius 3 is 2.56 bits per heavy atom. The summed E-state index contributed by atoms with van der Waals surface area (Å²) in [6, 6.07) is 13.9. The Morgan fingerprint density at radius 2 is 1.81 bits per heavy atom. The number of aryl methyl sites for hydroxylation is 1. The lowest BCUT2D eigenvalue weighted by molar-refractivity contribution is 0.415. The standard InChI is InChI=1S/C21H19N5O/c1-13-5-3-4-6-16(13)21-25-18(14-7-9-23-10-8-14)19(26-21)15-11-17(27-2)20(22)24-12-15/h3-12H,1-2H3,(H2,22,24)(H,25,26). The molecule has 0 radical (unpaired) electrons. The molecule has 0 atom stereocenters. The van der Waals surface area contributed by atoms with E-state index in [1.807, 2.05) is 30.3 Å². The van der Waals surface area contributed by atoms with E-state index in [9.17, 15) is 0 Å². The Morgan fingerprint density at radius 1 is 1.04 bits per heavy atom. The van der Waals surface area contributed by atoms with Crippen LogP contribution in [0.1, 0.15) is 5.56 Å². The summed E-state index contributed by atoms with van der Waals surface area (Å²) in [7, 11) is 1.57. The normalized spacial score (nSPS) is 10.7. The molecule has 0 saturated heterocycles. The molecule has 0 aliphatic carbocycles. The van der Waals surface area contributed by atoms with Crippen molar-refractivity contribution in [3.05, 3.63) is 66.6 Å². The van der Waals surface area contributed by atoms with E-state index < -0.39 is 0 Å². The molecule has 0 unspecified atom stereocenters. The lowest BCUT2D eigenvalue weighted by atomic mass is 10.1. The van der Waals surface area contributed by atoms with Crippen molar-refractivity contribution in [2.75, 3.05) is 12.8 Å². The molecular weight excluding hydrogens is 338 g/mol. The number of H-pyrrole nitrogens is 1. The second-order valence-corrected chi connectivity index (χ2v) is 6.17. The Bertz CT molecular complexity index is 1090. The lowest BCUT2D eigenvalue weighted by Gasteiger charge is -2.07. The van der Waals surface area contributed by atoms with Crippen LogP contribution in [0.3, 0.4) is 0 Å². The molecule has 0 fully saturated rings. The average Bonchev–Trinajstić information content (AvgIpc) is 3.14. The van der Waals surface area contributed by atoms with E-state index in [1.54, 1.807) is 25.7 Å². The fourth-order valence-electron chi connectivity index (χ4n) is 3.02. The Labute approximate surface area is 157 Å². The van der Waals surface area contributed by atoms with E-state index in [2.05, 4.69) is 34.0 Å². The Kier molecular flexibility index (Phi) is 4.30. The molecule has 134 valence electrons. The number of methoxy groups -OCH3 is 1. The Balaban J connectivity index is 1.93. The van der Waals surface area contributed by atoms with E-state index in [-0.39, 0.29) is 0 Å². The summed E-state index contributed by atoms with van der Waals surface area (Å²) in [6.45, 7) is 2.07. The van der Waals surface area contributed by atoms with Crippen LogP contribution >= 0.6 is 0 Å². The number of rotatable bonds is 4. The van der Waals surface area contributed by atoms with Crippen LogP contribution in [0, 0.1) is 6.92 Å². The van der Waals surface area contributed by atoms with E-state index in [0.29, 0.717) is 11.6 Å². The lowest BCUT2D eigenvalue weighted by Crippen LogP contribution is -1.96. The number of aromatic amines is 1. The Hall–Kier alpha value is -3.67. The van der Waals surface area contributed by atoms with Crippen LogP contribution in [0.4, 0.5) is 5.82 Å². The number of ether oxygens (including phenoxy) is 1. The van der Waals surface area contributed by atoms with Crippen molar-refractivity contribution in [3.8, 4) is 39.7 Å². The minimum atomic E-state index is 0.348. The fourth-order valence-corrected chi connectivity index (χ4v) is 3.02. The average molecular weight is 357 g/mol. The van der Waals surface area contributed by atoms with E-state index in [0.717, 1.165) is 39.5 Å². The minimum Gasteiger partial charge on any atom is -0.493 e. The summed E-state index contributed by atoms with van der Waals surface area (Å²) in [6.07, 6.45) is 5.23. The molecule has 0 saturated carbocycles. The van der Waals surface area contributed by atoms with Gasteiger partial charge in [-0.05, 0) is 30.7 Å². The molecule has 0 spiro atoms. The van der Waals surface area contributed by atoms with Gasteiger partial charge >= 0.3 is 0 Å². The topological polar surface area (TPSA) is 89.7 Å². The number of nitrogens with one attached hydrogen (secondary N) is 1. The molecule has 0 aliphatic heterocycles. The quantitative estimate of drug-likeness (QED) is 0.574. The number of aromatic nitrogens is 4. The maximum atomic E-state index is 5.87. The number of benzene rings is 1. The number of imidazole rings is 1. The van der Waals surface area contributed by atoms with Crippen LogP contribution in [0.5, 0.6) is 5.75 Å². The molecule has 3 heterocycles. The number of nitrogens with zero attached hydrogens (tertiary/aromatic N) is 3. The van der Waals surface area contributed by atoms with Gasteiger partial charge in [0.05, 0.1) is 18.5 Å². The third-order valence-electron chi connectivity index (χ3n) is 4.45. The van der Waals surface area contributed by atoms with Crippen molar-refractivity contribution in [2.24, 2.45) is 0 Å².